The molecule has 2 aromatic rings. The predicted molar refractivity (Wildman–Crippen MR) is 66.1 cm³/mol. The van der Waals surface area contributed by atoms with E-state index in [0.29, 0.717) is 11.3 Å². The van der Waals surface area contributed by atoms with Crippen molar-refractivity contribution in [1.82, 2.24) is 4.98 Å². The first kappa shape index (κ1) is 13.8. The van der Waals surface area contributed by atoms with Crippen LogP contribution in [0.15, 0.2) is 35.2 Å². The maximum absolute atomic E-state index is 12.2. The number of aromatic nitrogens is 1. The molecule has 0 radical (unpaired) electrons. The second-order valence-corrected chi connectivity index (χ2v) is 5.90. The van der Waals surface area contributed by atoms with E-state index in [1.165, 1.54) is 34.3 Å². The number of thiazole rings is 1. The van der Waals surface area contributed by atoms with Crippen LogP contribution in [0.5, 0.6) is 0 Å². The Morgan fingerprint density at radius 1 is 1.26 bits per heavy atom. The van der Waals surface area contributed by atoms with Crippen molar-refractivity contribution in [3.8, 4) is 11.3 Å². The average molecular weight is 308 g/mol. The Bertz CT molecular complexity index is 666. The van der Waals surface area contributed by atoms with E-state index >= 15 is 0 Å². The van der Waals surface area contributed by atoms with Crippen molar-refractivity contribution in [2.24, 2.45) is 0 Å². The van der Waals surface area contributed by atoms with Crippen molar-refractivity contribution in [2.75, 3.05) is 4.72 Å². The van der Waals surface area contributed by atoms with Gasteiger partial charge in [-0.05, 0) is 12.1 Å². The number of halogens is 3. The first-order valence-corrected chi connectivity index (χ1v) is 7.30. The summed E-state index contributed by atoms with van der Waals surface area (Å²) >= 11 is 1.33. The predicted octanol–water partition coefficient (Wildman–Crippen LogP) is 3.07. The summed E-state index contributed by atoms with van der Waals surface area (Å²) in [6.45, 7) is 0. The van der Waals surface area contributed by atoms with Gasteiger partial charge in [-0.3, -0.25) is 4.72 Å². The van der Waals surface area contributed by atoms with E-state index in [1.807, 2.05) is 0 Å². The summed E-state index contributed by atoms with van der Waals surface area (Å²) in [4.78, 5) is 3.99. The topological polar surface area (TPSA) is 59.1 Å². The van der Waals surface area contributed by atoms with Crippen LogP contribution in [0.1, 0.15) is 0 Å². The Hall–Kier alpha value is -1.61. The number of anilines is 1. The summed E-state index contributed by atoms with van der Waals surface area (Å²) in [6, 6.07) is 5.60. The molecule has 1 heterocycles. The van der Waals surface area contributed by atoms with Crippen molar-refractivity contribution < 1.29 is 21.6 Å². The van der Waals surface area contributed by atoms with Crippen molar-refractivity contribution in [1.29, 1.82) is 0 Å². The summed E-state index contributed by atoms with van der Waals surface area (Å²) in [5.41, 5.74) is -2.84. The highest BCUT2D eigenvalue weighted by molar-refractivity contribution is 7.93. The molecule has 1 N–H and O–H groups in total. The van der Waals surface area contributed by atoms with E-state index in [0.717, 1.165) is 0 Å². The molecule has 0 bridgehead atoms. The molecule has 1 aromatic carbocycles. The third kappa shape index (κ3) is 3.04. The Morgan fingerprint density at radius 2 is 2.00 bits per heavy atom. The Morgan fingerprint density at radius 3 is 2.58 bits per heavy atom. The quantitative estimate of drug-likeness (QED) is 0.948. The highest BCUT2D eigenvalue weighted by Crippen LogP contribution is 2.27. The molecular formula is C10H7F3N2O2S2. The van der Waals surface area contributed by atoms with E-state index < -0.39 is 15.5 Å². The summed E-state index contributed by atoms with van der Waals surface area (Å²) < 4.78 is 60.1. The molecule has 0 aliphatic heterocycles. The molecule has 4 nitrogen and oxygen atoms in total. The van der Waals surface area contributed by atoms with Gasteiger partial charge in [0.1, 0.15) is 0 Å². The van der Waals surface area contributed by atoms with Gasteiger partial charge in [-0.1, -0.05) is 12.1 Å². The molecular weight excluding hydrogens is 301 g/mol. The molecule has 0 aliphatic carbocycles. The third-order valence-corrected chi connectivity index (χ3v) is 3.85. The van der Waals surface area contributed by atoms with Crippen LogP contribution in [-0.2, 0) is 10.0 Å². The van der Waals surface area contributed by atoms with Gasteiger partial charge in [-0.25, -0.2) is 4.98 Å². The SMILES string of the molecule is O=S(=O)(Nc1cccc(-c2cscn2)c1)C(F)(F)F. The number of alkyl halides is 3. The lowest BCUT2D eigenvalue weighted by molar-refractivity contribution is -0.0429. The van der Waals surface area contributed by atoms with Crippen LogP contribution in [0.25, 0.3) is 11.3 Å². The van der Waals surface area contributed by atoms with E-state index in [9.17, 15) is 21.6 Å². The minimum absolute atomic E-state index is 0.164. The third-order valence-electron chi connectivity index (χ3n) is 2.15. The minimum Gasteiger partial charge on any atom is -0.276 e. The first-order valence-electron chi connectivity index (χ1n) is 4.87. The number of nitrogens with one attached hydrogen (secondary N) is 1. The minimum atomic E-state index is -5.40. The molecule has 1 aromatic heterocycles. The Balaban J connectivity index is 2.31. The maximum Gasteiger partial charge on any atom is 0.516 e. The van der Waals surface area contributed by atoms with Crippen LogP contribution in [0.4, 0.5) is 18.9 Å². The molecule has 9 heteroatoms. The first-order chi connectivity index (χ1) is 8.79. The molecule has 0 unspecified atom stereocenters. The fourth-order valence-corrected chi connectivity index (χ4v) is 2.42. The number of benzene rings is 1. The average Bonchev–Trinajstić information content (AvgIpc) is 2.80. The number of sulfonamides is 1. The van der Waals surface area contributed by atoms with Crippen LogP contribution in [0.2, 0.25) is 0 Å². The Kier molecular flexibility index (Phi) is 3.50. The lowest BCUT2D eigenvalue weighted by Gasteiger charge is -2.11. The van der Waals surface area contributed by atoms with Gasteiger partial charge in [0.15, 0.2) is 0 Å². The fraction of sp³-hybridized carbons (Fsp3) is 0.100. The summed E-state index contributed by atoms with van der Waals surface area (Å²) in [5.74, 6) is 0. The number of nitrogens with zero attached hydrogens (tertiary/aromatic N) is 1. The summed E-state index contributed by atoms with van der Waals surface area (Å²) in [5, 5.41) is 1.71. The van der Waals surface area contributed by atoms with Crippen molar-refractivity contribution in [3.63, 3.8) is 0 Å². The molecule has 0 saturated heterocycles. The van der Waals surface area contributed by atoms with E-state index in [2.05, 4.69) is 4.98 Å². The van der Waals surface area contributed by atoms with Crippen molar-refractivity contribution >= 4 is 27.0 Å². The number of hydrogen-bond acceptors (Lipinski definition) is 4. The normalized spacial score (nSPS) is 12.4. The zero-order valence-corrected chi connectivity index (χ0v) is 10.8. The highest BCUT2D eigenvalue weighted by Gasteiger charge is 2.46. The standard InChI is InChI=1S/C10H7F3N2O2S2/c11-10(12,13)19(16,17)15-8-3-1-2-7(4-8)9-5-18-6-14-9/h1-6,15H. The van der Waals surface area contributed by atoms with Crippen molar-refractivity contribution in [3.05, 3.63) is 35.2 Å². The zero-order valence-electron chi connectivity index (χ0n) is 9.18. The van der Waals surface area contributed by atoms with E-state index in [1.54, 1.807) is 17.0 Å². The van der Waals surface area contributed by atoms with Gasteiger partial charge in [-0.2, -0.15) is 21.6 Å². The van der Waals surface area contributed by atoms with Crippen LogP contribution >= 0.6 is 11.3 Å². The zero-order chi connectivity index (χ0) is 14.1. The van der Waals surface area contributed by atoms with Gasteiger partial charge < -0.3 is 0 Å². The highest BCUT2D eigenvalue weighted by atomic mass is 32.2. The van der Waals surface area contributed by atoms with Crippen LogP contribution in [0, 0.1) is 0 Å². The smallest absolute Gasteiger partial charge is 0.276 e. The molecule has 0 atom stereocenters. The molecule has 0 spiro atoms. The number of hydrogen-bond donors (Lipinski definition) is 1. The van der Waals surface area contributed by atoms with E-state index in [-0.39, 0.29) is 5.69 Å². The molecule has 0 amide bonds. The molecule has 0 saturated carbocycles. The van der Waals surface area contributed by atoms with Crippen LogP contribution in [-0.4, -0.2) is 18.9 Å². The van der Waals surface area contributed by atoms with Gasteiger partial charge in [0.25, 0.3) is 0 Å². The molecule has 19 heavy (non-hydrogen) atoms. The van der Waals surface area contributed by atoms with Gasteiger partial charge in [0.05, 0.1) is 11.2 Å². The largest absolute Gasteiger partial charge is 0.516 e. The van der Waals surface area contributed by atoms with Gasteiger partial charge in [-0.15, -0.1) is 11.3 Å². The number of rotatable bonds is 3. The van der Waals surface area contributed by atoms with E-state index in [4.69, 9.17) is 0 Å². The van der Waals surface area contributed by atoms with Crippen LogP contribution in [0.3, 0.4) is 0 Å². The molecule has 0 fully saturated rings. The molecule has 102 valence electrons. The van der Waals surface area contributed by atoms with Crippen LogP contribution < -0.4 is 4.72 Å². The fourth-order valence-electron chi connectivity index (χ4n) is 1.31. The lowest BCUT2D eigenvalue weighted by Crippen LogP contribution is -2.29. The summed E-state index contributed by atoms with van der Waals surface area (Å²) in [6.07, 6.45) is 0. The lowest BCUT2D eigenvalue weighted by atomic mass is 10.1. The van der Waals surface area contributed by atoms with Gasteiger partial charge >= 0.3 is 15.5 Å². The summed E-state index contributed by atoms with van der Waals surface area (Å²) in [7, 11) is -5.40. The van der Waals surface area contributed by atoms with Gasteiger partial charge in [0, 0.05) is 16.6 Å². The molecule has 0 aliphatic rings. The van der Waals surface area contributed by atoms with Gasteiger partial charge in [0.2, 0.25) is 0 Å². The second kappa shape index (κ2) is 4.82. The molecule has 2 rings (SSSR count). The maximum atomic E-state index is 12.2. The van der Waals surface area contributed by atoms with Crippen molar-refractivity contribution in [2.45, 2.75) is 5.51 Å². The monoisotopic (exact) mass is 308 g/mol. The second-order valence-electron chi connectivity index (χ2n) is 3.51. The Labute approximate surface area is 111 Å².